The van der Waals surface area contributed by atoms with Crippen LogP contribution >= 0.6 is 8.15 Å². The molecule has 0 saturated carbocycles. The van der Waals surface area contributed by atoms with E-state index >= 15 is 0 Å². The van der Waals surface area contributed by atoms with Crippen molar-refractivity contribution in [2.24, 2.45) is 0 Å². The predicted molar refractivity (Wildman–Crippen MR) is 98.2 cm³/mol. The maximum Gasteiger partial charge on any atom is 0.160 e. The van der Waals surface area contributed by atoms with Gasteiger partial charge in [-0.2, -0.15) is 0 Å². The van der Waals surface area contributed by atoms with Gasteiger partial charge < -0.3 is 9.26 Å². The first kappa shape index (κ1) is 17.4. The summed E-state index contributed by atoms with van der Waals surface area (Å²) in [7, 11) is -3.17. The van der Waals surface area contributed by atoms with Gasteiger partial charge in [-0.25, -0.2) is 0 Å². The minimum Gasteiger partial charge on any atom is -0.338 e. The third-order valence-corrected chi connectivity index (χ3v) is 20.4. The summed E-state index contributed by atoms with van der Waals surface area (Å²) in [6.07, 6.45) is -0.0727. The lowest BCUT2D eigenvalue weighted by molar-refractivity contribution is -0.0329. The zero-order valence-electron chi connectivity index (χ0n) is 14.4. The van der Waals surface area contributed by atoms with Crippen LogP contribution in [0.1, 0.15) is 18.3 Å². The average Bonchev–Trinajstić information content (AvgIpc) is 2.68. The number of hydrogen-bond acceptors (Lipinski definition) is 2. The van der Waals surface area contributed by atoms with E-state index in [0.29, 0.717) is 0 Å². The predicted octanol–water partition coefficient (Wildman–Crippen LogP) is 5.60. The Bertz CT molecular complexity index is 453. The molecular weight excluding hydrogens is 311 g/mol. The van der Waals surface area contributed by atoms with Gasteiger partial charge in [0, 0.05) is 0 Å². The summed E-state index contributed by atoms with van der Waals surface area (Å²) < 4.78 is 12.5. The van der Waals surface area contributed by atoms with E-state index in [1.54, 1.807) is 0 Å². The molecule has 1 heterocycles. The van der Waals surface area contributed by atoms with E-state index in [2.05, 4.69) is 69.6 Å². The molecule has 0 amide bonds. The Balaban J connectivity index is 2.38. The van der Waals surface area contributed by atoms with Gasteiger partial charge in [-0.1, -0.05) is 69.6 Å². The highest BCUT2D eigenvalue weighted by Gasteiger charge is 2.50. The van der Waals surface area contributed by atoms with Crippen LogP contribution in [0, 0.1) is 0 Å². The molecule has 1 saturated heterocycles. The summed E-state index contributed by atoms with van der Waals surface area (Å²) in [4.78, 5) is 0.746. The standard InChI is InChI=1S/C16H29O2PSi2/c1-13-17-15(14-11-9-8-10-12-14)19(18-13)16(20(2,3)4)21(5,6)7/h8-13,15-16H,1-7H3. The molecule has 1 aromatic carbocycles. The Morgan fingerprint density at radius 2 is 1.48 bits per heavy atom. The van der Waals surface area contributed by atoms with Crippen molar-refractivity contribution in [1.29, 1.82) is 0 Å². The Kier molecular flexibility index (Phi) is 5.16. The highest BCUT2D eigenvalue weighted by Crippen LogP contribution is 2.65. The van der Waals surface area contributed by atoms with Gasteiger partial charge in [0.05, 0.1) is 24.3 Å². The van der Waals surface area contributed by atoms with E-state index in [0.717, 1.165) is 4.91 Å². The summed E-state index contributed by atoms with van der Waals surface area (Å²) in [5.41, 5.74) is 1.29. The zero-order chi connectivity index (χ0) is 15.8. The fourth-order valence-corrected chi connectivity index (χ4v) is 22.9. The first-order chi connectivity index (χ1) is 9.60. The molecule has 0 spiro atoms. The molecule has 0 aromatic heterocycles. The fraction of sp³-hybridized carbons (Fsp3) is 0.625. The second-order valence-electron chi connectivity index (χ2n) is 8.07. The molecule has 1 aromatic rings. The maximum atomic E-state index is 6.36. The third kappa shape index (κ3) is 4.05. The largest absolute Gasteiger partial charge is 0.338 e. The van der Waals surface area contributed by atoms with Crippen LogP contribution in [-0.4, -0.2) is 27.3 Å². The second-order valence-corrected chi connectivity index (χ2v) is 22.2. The van der Waals surface area contributed by atoms with E-state index in [1.807, 2.05) is 6.92 Å². The molecule has 1 aliphatic heterocycles. The van der Waals surface area contributed by atoms with Crippen molar-refractivity contribution in [3.05, 3.63) is 35.9 Å². The Morgan fingerprint density at radius 1 is 0.952 bits per heavy atom. The van der Waals surface area contributed by atoms with Crippen LogP contribution in [0.4, 0.5) is 0 Å². The molecule has 0 N–H and O–H groups in total. The fourth-order valence-electron chi connectivity index (χ4n) is 3.59. The quantitative estimate of drug-likeness (QED) is 0.525. The summed E-state index contributed by atoms with van der Waals surface area (Å²) in [5.74, 6) is 0.152. The first-order valence-corrected chi connectivity index (χ1v) is 16.3. The molecule has 0 radical (unpaired) electrons. The monoisotopic (exact) mass is 340 g/mol. The maximum absolute atomic E-state index is 6.36. The molecule has 2 rings (SSSR count). The topological polar surface area (TPSA) is 18.5 Å². The van der Waals surface area contributed by atoms with Gasteiger partial charge in [-0.15, -0.1) is 0 Å². The Hall–Kier alpha value is 0.00377. The van der Waals surface area contributed by atoms with Gasteiger partial charge in [0.1, 0.15) is 5.85 Å². The second kappa shape index (κ2) is 6.25. The van der Waals surface area contributed by atoms with Crippen molar-refractivity contribution >= 4 is 24.3 Å². The third-order valence-electron chi connectivity index (χ3n) is 3.80. The van der Waals surface area contributed by atoms with E-state index in [9.17, 15) is 0 Å². The molecule has 3 unspecified atom stereocenters. The van der Waals surface area contributed by atoms with Crippen molar-refractivity contribution in [3.63, 3.8) is 0 Å². The van der Waals surface area contributed by atoms with Gasteiger partial charge in [-0.05, 0) is 17.4 Å². The van der Waals surface area contributed by atoms with Crippen molar-refractivity contribution in [1.82, 2.24) is 0 Å². The summed E-state index contributed by atoms with van der Waals surface area (Å²) in [5, 5.41) is 0. The van der Waals surface area contributed by atoms with Crippen LogP contribution in [0.3, 0.4) is 0 Å². The van der Waals surface area contributed by atoms with Gasteiger partial charge in [0.25, 0.3) is 0 Å². The molecule has 0 aliphatic carbocycles. The smallest absolute Gasteiger partial charge is 0.160 e. The molecule has 2 nitrogen and oxygen atoms in total. The minimum atomic E-state index is -1.31. The number of benzene rings is 1. The SMILES string of the molecule is CC1OC(c2ccccc2)P(C([Si](C)(C)C)[Si](C)(C)C)O1. The minimum absolute atomic E-state index is 0.0727. The Labute approximate surface area is 133 Å². The van der Waals surface area contributed by atoms with E-state index in [-0.39, 0.29) is 12.1 Å². The molecule has 5 heteroatoms. The van der Waals surface area contributed by atoms with Crippen LogP contribution in [0.2, 0.25) is 39.3 Å². The van der Waals surface area contributed by atoms with Crippen LogP contribution in [0.15, 0.2) is 30.3 Å². The molecule has 118 valence electrons. The number of ether oxygens (including phenoxy) is 1. The van der Waals surface area contributed by atoms with Crippen LogP contribution in [-0.2, 0) is 9.26 Å². The van der Waals surface area contributed by atoms with Crippen LogP contribution in [0.5, 0.6) is 0 Å². The van der Waals surface area contributed by atoms with Gasteiger partial charge in [-0.3, -0.25) is 0 Å². The van der Waals surface area contributed by atoms with E-state index < -0.39 is 24.3 Å². The molecular formula is C16H29O2PSi2. The van der Waals surface area contributed by atoms with Crippen molar-refractivity contribution in [3.8, 4) is 0 Å². The van der Waals surface area contributed by atoms with E-state index in [4.69, 9.17) is 9.26 Å². The highest BCUT2D eigenvalue weighted by molar-refractivity contribution is 7.61. The van der Waals surface area contributed by atoms with Gasteiger partial charge >= 0.3 is 0 Å². The molecule has 3 atom stereocenters. The van der Waals surface area contributed by atoms with Crippen LogP contribution < -0.4 is 0 Å². The lowest BCUT2D eigenvalue weighted by atomic mass is 10.2. The van der Waals surface area contributed by atoms with Crippen molar-refractivity contribution in [2.75, 3.05) is 0 Å². The lowest BCUT2D eigenvalue weighted by Crippen LogP contribution is -2.52. The van der Waals surface area contributed by atoms with Gasteiger partial charge in [0.15, 0.2) is 6.29 Å². The van der Waals surface area contributed by atoms with E-state index in [1.165, 1.54) is 5.56 Å². The molecule has 1 aliphatic rings. The number of hydrogen-bond donors (Lipinski definition) is 0. The summed E-state index contributed by atoms with van der Waals surface area (Å²) >= 11 is 0. The van der Waals surface area contributed by atoms with Gasteiger partial charge in [0.2, 0.25) is 0 Å². The van der Waals surface area contributed by atoms with Crippen LogP contribution in [0.25, 0.3) is 0 Å². The summed E-state index contributed by atoms with van der Waals surface area (Å²) in [6.45, 7) is 17.0. The normalized spacial score (nSPS) is 27.3. The lowest BCUT2D eigenvalue weighted by Gasteiger charge is -2.42. The molecule has 0 bridgehead atoms. The average molecular weight is 341 g/mol. The zero-order valence-corrected chi connectivity index (χ0v) is 17.3. The van der Waals surface area contributed by atoms with Crippen molar-refractivity contribution in [2.45, 2.75) is 63.2 Å². The number of rotatable bonds is 4. The summed E-state index contributed by atoms with van der Waals surface area (Å²) in [6, 6.07) is 10.7. The highest BCUT2D eigenvalue weighted by atomic mass is 31.1. The van der Waals surface area contributed by atoms with Crippen molar-refractivity contribution < 1.29 is 9.26 Å². The molecule has 1 fully saturated rings. The molecule has 21 heavy (non-hydrogen) atoms. The Morgan fingerprint density at radius 3 is 1.95 bits per heavy atom. The first-order valence-electron chi connectivity index (χ1n) is 7.76.